The first-order valence-corrected chi connectivity index (χ1v) is 8.55. The van der Waals surface area contributed by atoms with Gasteiger partial charge in [-0.15, -0.1) is 0 Å². The number of carbonyl (C=O) groups excluding carboxylic acids is 1. The normalized spacial score (nSPS) is 11.1. The number of aromatic nitrogens is 4. The van der Waals surface area contributed by atoms with E-state index in [2.05, 4.69) is 26.4 Å². The van der Waals surface area contributed by atoms with Gasteiger partial charge in [0, 0.05) is 22.0 Å². The minimum atomic E-state index is -0.164. The van der Waals surface area contributed by atoms with Crippen LogP contribution in [0.25, 0.3) is 27.5 Å². The molecule has 5 rings (SSSR count). The molecule has 6 heteroatoms. The van der Waals surface area contributed by atoms with Crippen molar-refractivity contribution in [1.82, 2.24) is 19.7 Å². The van der Waals surface area contributed by atoms with Crippen LogP contribution in [0.5, 0.6) is 0 Å². The maximum Gasteiger partial charge on any atom is 0.257 e. The Labute approximate surface area is 154 Å². The lowest BCUT2D eigenvalue weighted by molar-refractivity contribution is 0.102. The molecule has 5 aromatic rings. The van der Waals surface area contributed by atoms with Gasteiger partial charge in [0.1, 0.15) is 12.7 Å². The van der Waals surface area contributed by atoms with E-state index >= 15 is 0 Å². The third-order valence-corrected chi connectivity index (χ3v) is 4.57. The number of anilines is 1. The summed E-state index contributed by atoms with van der Waals surface area (Å²) in [6.07, 6.45) is 3.09. The van der Waals surface area contributed by atoms with Gasteiger partial charge in [0.25, 0.3) is 5.91 Å². The van der Waals surface area contributed by atoms with Gasteiger partial charge < -0.3 is 10.3 Å². The second-order valence-corrected chi connectivity index (χ2v) is 6.24. The lowest BCUT2D eigenvalue weighted by atomic mass is 10.1. The average molecular weight is 353 g/mol. The fourth-order valence-electron chi connectivity index (χ4n) is 3.33. The highest BCUT2D eigenvalue weighted by Gasteiger charge is 2.14. The predicted octanol–water partition coefficient (Wildman–Crippen LogP) is 4.15. The van der Waals surface area contributed by atoms with Crippen molar-refractivity contribution in [2.45, 2.75) is 0 Å². The molecular weight excluding hydrogens is 338 g/mol. The molecule has 2 heterocycles. The molecule has 0 saturated carbocycles. The Kier molecular flexibility index (Phi) is 3.47. The molecule has 0 fully saturated rings. The third-order valence-electron chi connectivity index (χ3n) is 4.57. The number of hydrogen-bond donors (Lipinski definition) is 2. The van der Waals surface area contributed by atoms with Crippen LogP contribution in [0, 0.1) is 0 Å². The van der Waals surface area contributed by atoms with Crippen LogP contribution in [-0.2, 0) is 0 Å². The van der Waals surface area contributed by atoms with Crippen LogP contribution in [-0.4, -0.2) is 25.7 Å². The van der Waals surface area contributed by atoms with Crippen molar-refractivity contribution in [1.29, 1.82) is 0 Å². The SMILES string of the molecule is O=C(Nc1cccc(-n2cncn2)c1)c1cccc2c1[nH]c1ccccc12. The number of aromatic amines is 1. The number of hydrogen-bond acceptors (Lipinski definition) is 3. The number of nitrogens with one attached hydrogen (secondary N) is 2. The molecule has 6 nitrogen and oxygen atoms in total. The topological polar surface area (TPSA) is 75.6 Å². The quantitative estimate of drug-likeness (QED) is 0.511. The van der Waals surface area contributed by atoms with Crippen molar-refractivity contribution in [2.75, 3.05) is 5.32 Å². The second-order valence-electron chi connectivity index (χ2n) is 6.24. The number of H-pyrrole nitrogens is 1. The predicted molar refractivity (Wildman–Crippen MR) is 105 cm³/mol. The van der Waals surface area contributed by atoms with Crippen LogP contribution in [0.15, 0.2) is 79.4 Å². The van der Waals surface area contributed by atoms with Crippen LogP contribution in [0.4, 0.5) is 5.69 Å². The summed E-state index contributed by atoms with van der Waals surface area (Å²) >= 11 is 0. The lowest BCUT2D eigenvalue weighted by Crippen LogP contribution is -2.12. The van der Waals surface area contributed by atoms with Crippen molar-refractivity contribution in [2.24, 2.45) is 0 Å². The molecule has 0 aliphatic rings. The lowest BCUT2D eigenvalue weighted by Gasteiger charge is -2.08. The Morgan fingerprint density at radius 2 is 1.81 bits per heavy atom. The number of benzene rings is 3. The van der Waals surface area contributed by atoms with Crippen LogP contribution in [0.3, 0.4) is 0 Å². The van der Waals surface area contributed by atoms with E-state index in [4.69, 9.17) is 0 Å². The fourth-order valence-corrected chi connectivity index (χ4v) is 3.33. The first-order chi connectivity index (χ1) is 13.3. The summed E-state index contributed by atoms with van der Waals surface area (Å²) in [6, 6.07) is 21.3. The Bertz CT molecular complexity index is 1270. The Morgan fingerprint density at radius 3 is 2.70 bits per heavy atom. The monoisotopic (exact) mass is 353 g/mol. The Hall–Kier alpha value is -3.93. The summed E-state index contributed by atoms with van der Waals surface area (Å²) in [6.45, 7) is 0. The molecule has 0 atom stereocenters. The van der Waals surface area contributed by atoms with Gasteiger partial charge in [-0.05, 0) is 30.3 Å². The van der Waals surface area contributed by atoms with Crippen molar-refractivity contribution in [3.63, 3.8) is 0 Å². The van der Waals surface area contributed by atoms with Gasteiger partial charge in [0.05, 0.1) is 16.8 Å². The summed E-state index contributed by atoms with van der Waals surface area (Å²) in [5, 5.41) is 9.24. The van der Waals surface area contributed by atoms with Crippen molar-refractivity contribution in [3.8, 4) is 5.69 Å². The molecule has 130 valence electrons. The molecule has 0 radical (unpaired) electrons. The molecule has 1 amide bonds. The van der Waals surface area contributed by atoms with E-state index in [0.717, 1.165) is 27.5 Å². The molecule has 3 aromatic carbocycles. The molecular formula is C21H15N5O. The molecule has 0 aliphatic carbocycles. The van der Waals surface area contributed by atoms with Gasteiger partial charge in [-0.3, -0.25) is 4.79 Å². The van der Waals surface area contributed by atoms with Crippen molar-refractivity contribution < 1.29 is 4.79 Å². The molecule has 0 spiro atoms. The maximum absolute atomic E-state index is 12.9. The summed E-state index contributed by atoms with van der Waals surface area (Å²) in [4.78, 5) is 20.3. The molecule has 0 unspecified atom stereocenters. The largest absolute Gasteiger partial charge is 0.354 e. The van der Waals surface area contributed by atoms with Gasteiger partial charge in [-0.1, -0.05) is 36.4 Å². The number of rotatable bonds is 3. The summed E-state index contributed by atoms with van der Waals surface area (Å²) in [7, 11) is 0. The fraction of sp³-hybridized carbons (Fsp3) is 0. The van der Waals surface area contributed by atoms with Gasteiger partial charge in [0.2, 0.25) is 0 Å². The number of para-hydroxylation sites is 2. The summed E-state index contributed by atoms with van der Waals surface area (Å²) in [5.74, 6) is -0.164. The van der Waals surface area contributed by atoms with Crippen LogP contribution in [0.2, 0.25) is 0 Å². The molecule has 0 bridgehead atoms. The highest BCUT2D eigenvalue weighted by molar-refractivity contribution is 6.17. The Balaban J connectivity index is 1.52. The third kappa shape index (κ3) is 2.64. The summed E-state index contributed by atoms with van der Waals surface area (Å²) in [5.41, 5.74) is 3.98. The van der Waals surface area contributed by atoms with Crippen LogP contribution in [0.1, 0.15) is 10.4 Å². The average Bonchev–Trinajstić information content (AvgIpc) is 3.36. The van der Waals surface area contributed by atoms with Crippen molar-refractivity contribution in [3.05, 3.63) is 84.9 Å². The first kappa shape index (κ1) is 15.3. The number of amides is 1. The van der Waals surface area contributed by atoms with Gasteiger partial charge in [-0.25, -0.2) is 9.67 Å². The molecule has 2 N–H and O–H groups in total. The van der Waals surface area contributed by atoms with E-state index in [1.807, 2.05) is 60.7 Å². The molecule has 0 saturated heterocycles. The van der Waals surface area contributed by atoms with E-state index in [9.17, 15) is 4.79 Å². The summed E-state index contributed by atoms with van der Waals surface area (Å²) < 4.78 is 1.65. The molecule has 2 aromatic heterocycles. The van der Waals surface area contributed by atoms with Gasteiger partial charge >= 0.3 is 0 Å². The zero-order valence-corrected chi connectivity index (χ0v) is 14.3. The van der Waals surface area contributed by atoms with Crippen LogP contribution < -0.4 is 5.32 Å². The smallest absolute Gasteiger partial charge is 0.257 e. The maximum atomic E-state index is 12.9. The minimum Gasteiger partial charge on any atom is -0.354 e. The zero-order chi connectivity index (χ0) is 18.2. The van der Waals surface area contributed by atoms with Gasteiger partial charge in [0.15, 0.2) is 0 Å². The van der Waals surface area contributed by atoms with E-state index in [-0.39, 0.29) is 5.91 Å². The van der Waals surface area contributed by atoms with E-state index in [1.54, 1.807) is 11.0 Å². The van der Waals surface area contributed by atoms with Gasteiger partial charge in [-0.2, -0.15) is 5.10 Å². The van der Waals surface area contributed by atoms with E-state index in [0.29, 0.717) is 11.3 Å². The van der Waals surface area contributed by atoms with E-state index in [1.165, 1.54) is 6.33 Å². The van der Waals surface area contributed by atoms with Crippen molar-refractivity contribution >= 4 is 33.4 Å². The Morgan fingerprint density at radius 1 is 0.963 bits per heavy atom. The molecule has 27 heavy (non-hydrogen) atoms. The number of fused-ring (bicyclic) bond motifs is 3. The molecule has 0 aliphatic heterocycles. The zero-order valence-electron chi connectivity index (χ0n) is 14.3. The highest BCUT2D eigenvalue weighted by atomic mass is 16.1. The van der Waals surface area contributed by atoms with Crippen LogP contribution >= 0.6 is 0 Å². The second kappa shape index (κ2) is 6.10. The first-order valence-electron chi connectivity index (χ1n) is 8.55. The number of nitrogens with zero attached hydrogens (tertiary/aromatic N) is 3. The highest BCUT2D eigenvalue weighted by Crippen LogP contribution is 2.28. The number of carbonyl (C=O) groups is 1. The van der Waals surface area contributed by atoms with E-state index < -0.39 is 0 Å². The minimum absolute atomic E-state index is 0.164. The standard InChI is InChI=1S/C21H15N5O/c27-21(24-14-5-3-6-15(11-14)26-13-22-12-23-26)18-9-4-8-17-16-7-1-2-10-19(16)25-20(17)18/h1-13,25H,(H,24,27).